The lowest BCUT2D eigenvalue weighted by atomic mass is 10.2. The monoisotopic (exact) mass is 306 g/mol. The first-order valence-corrected chi connectivity index (χ1v) is 7.43. The minimum absolute atomic E-state index is 0.740. The van der Waals surface area contributed by atoms with Gasteiger partial charge in [0.05, 0.1) is 19.3 Å². The molecule has 0 radical (unpaired) electrons. The molecule has 112 valence electrons. The third-order valence-corrected chi connectivity index (χ3v) is 4.02. The molecule has 1 aliphatic heterocycles. The smallest absolute Gasteiger partial charge is 0.142 e. The van der Waals surface area contributed by atoms with Gasteiger partial charge in [-0.2, -0.15) is 0 Å². The van der Waals surface area contributed by atoms with E-state index in [1.165, 1.54) is 0 Å². The first-order valence-electron chi connectivity index (χ1n) is 7.05. The zero-order valence-corrected chi connectivity index (χ0v) is 12.8. The van der Waals surface area contributed by atoms with Crippen LogP contribution in [0, 0.1) is 0 Å². The van der Waals surface area contributed by atoms with Gasteiger partial charge in [-0.05, 0) is 18.2 Å². The first-order chi connectivity index (χ1) is 10.3. The van der Waals surface area contributed by atoms with E-state index in [1.807, 2.05) is 24.4 Å². The van der Waals surface area contributed by atoms with E-state index in [0.29, 0.717) is 0 Å². The molecule has 21 heavy (non-hydrogen) atoms. The molecule has 2 aromatic rings. The van der Waals surface area contributed by atoms with E-state index in [9.17, 15) is 0 Å². The van der Waals surface area contributed by atoms with Crippen molar-refractivity contribution in [1.29, 1.82) is 0 Å². The van der Waals surface area contributed by atoms with Gasteiger partial charge in [0.25, 0.3) is 0 Å². The molecule has 5 nitrogen and oxygen atoms in total. The summed E-state index contributed by atoms with van der Waals surface area (Å²) >= 11 is 6.11. The van der Waals surface area contributed by atoms with Crippen LogP contribution in [-0.4, -0.2) is 48.2 Å². The van der Waals surface area contributed by atoms with Crippen LogP contribution < -0.4 is 9.64 Å². The van der Waals surface area contributed by atoms with E-state index in [4.69, 9.17) is 16.3 Å². The van der Waals surface area contributed by atoms with E-state index >= 15 is 0 Å². The van der Waals surface area contributed by atoms with Crippen LogP contribution in [0.25, 0.3) is 0 Å². The number of H-pyrrole nitrogens is 1. The van der Waals surface area contributed by atoms with Crippen LogP contribution in [0.5, 0.6) is 5.75 Å². The third kappa shape index (κ3) is 3.31. The Morgan fingerprint density at radius 2 is 2.10 bits per heavy atom. The number of nitrogens with zero attached hydrogens (tertiary/aromatic N) is 3. The highest BCUT2D eigenvalue weighted by Crippen LogP contribution is 2.31. The maximum Gasteiger partial charge on any atom is 0.142 e. The lowest BCUT2D eigenvalue weighted by Crippen LogP contribution is -2.46. The predicted octanol–water partition coefficient (Wildman–Crippen LogP) is 2.39. The van der Waals surface area contributed by atoms with Gasteiger partial charge in [0, 0.05) is 43.6 Å². The summed E-state index contributed by atoms with van der Waals surface area (Å²) in [6, 6.07) is 5.76. The second-order valence-corrected chi connectivity index (χ2v) is 5.55. The van der Waals surface area contributed by atoms with Crippen molar-refractivity contribution >= 4 is 17.3 Å². The van der Waals surface area contributed by atoms with E-state index in [2.05, 4.69) is 19.8 Å². The summed E-state index contributed by atoms with van der Waals surface area (Å²) in [6.45, 7) is 4.77. The number of aromatic amines is 1. The Balaban J connectivity index is 1.64. The predicted molar refractivity (Wildman–Crippen MR) is 84.1 cm³/mol. The summed E-state index contributed by atoms with van der Waals surface area (Å²) in [7, 11) is 1.69. The Kier molecular flexibility index (Phi) is 4.31. The van der Waals surface area contributed by atoms with Crippen LogP contribution in [0.4, 0.5) is 5.69 Å². The summed E-state index contributed by atoms with van der Waals surface area (Å²) in [4.78, 5) is 12.1. The maximum absolute atomic E-state index is 6.11. The van der Waals surface area contributed by atoms with E-state index in [0.717, 1.165) is 55.0 Å². The van der Waals surface area contributed by atoms with Crippen molar-refractivity contribution in [3.05, 3.63) is 41.4 Å². The standard InChI is InChI=1S/C15H19ClN4O/c1-21-14-3-2-12(16)10-13(14)20-8-6-19(7-9-20)11-15-17-4-5-18-15/h2-5,10H,6-9,11H2,1H3,(H,17,18). The van der Waals surface area contributed by atoms with Crippen molar-refractivity contribution in [2.45, 2.75) is 6.54 Å². The van der Waals surface area contributed by atoms with Crippen LogP contribution in [0.1, 0.15) is 5.82 Å². The summed E-state index contributed by atoms with van der Waals surface area (Å²) in [6.07, 6.45) is 3.66. The molecule has 2 heterocycles. The second-order valence-electron chi connectivity index (χ2n) is 5.12. The van der Waals surface area contributed by atoms with Gasteiger partial charge in [-0.3, -0.25) is 4.90 Å². The van der Waals surface area contributed by atoms with Crippen molar-refractivity contribution < 1.29 is 4.74 Å². The number of methoxy groups -OCH3 is 1. The molecule has 0 unspecified atom stereocenters. The van der Waals surface area contributed by atoms with Crippen LogP contribution in [0.3, 0.4) is 0 Å². The molecule has 0 bridgehead atoms. The lowest BCUT2D eigenvalue weighted by Gasteiger charge is -2.36. The van der Waals surface area contributed by atoms with Crippen molar-refractivity contribution in [2.75, 3.05) is 38.2 Å². The first kappa shape index (κ1) is 14.2. The number of rotatable bonds is 4. The molecule has 0 atom stereocenters. The average molecular weight is 307 g/mol. The van der Waals surface area contributed by atoms with Gasteiger partial charge in [0.1, 0.15) is 11.6 Å². The summed E-state index contributed by atoms with van der Waals surface area (Å²) in [5.41, 5.74) is 1.07. The molecular formula is C15H19ClN4O. The van der Waals surface area contributed by atoms with Gasteiger partial charge < -0.3 is 14.6 Å². The Labute approximate surface area is 129 Å². The van der Waals surface area contributed by atoms with Gasteiger partial charge >= 0.3 is 0 Å². The fourth-order valence-corrected chi connectivity index (χ4v) is 2.82. The summed E-state index contributed by atoms with van der Waals surface area (Å²) in [5, 5.41) is 0.740. The molecule has 1 saturated heterocycles. The number of ether oxygens (including phenoxy) is 1. The normalized spacial score (nSPS) is 16.2. The molecule has 1 aliphatic rings. The van der Waals surface area contributed by atoms with Gasteiger partial charge in [-0.25, -0.2) is 4.98 Å². The Bertz CT molecular complexity index is 579. The summed E-state index contributed by atoms with van der Waals surface area (Å²) < 4.78 is 5.44. The number of imidazole rings is 1. The van der Waals surface area contributed by atoms with Crippen molar-refractivity contribution in [2.24, 2.45) is 0 Å². The molecule has 1 aromatic carbocycles. The fourth-order valence-electron chi connectivity index (χ4n) is 2.65. The van der Waals surface area contributed by atoms with Crippen molar-refractivity contribution in [1.82, 2.24) is 14.9 Å². The minimum Gasteiger partial charge on any atom is -0.495 e. The molecular weight excluding hydrogens is 288 g/mol. The average Bonchev–Trinajstić information content (AvgIpc) is 3.01. The van der Waals surface area contributed by atoms with Crippen molar-refractivity contribution in [3.8, 4) is 5.75 Å². The highest BCUT2D eigenvalue weighted by atomic mass is 35.5. The minimum atomic E-state index is 0.740. The molecule has 6 heteroatoms. The number of anilines is 1. The van der Waals surface area contributed by atoms with Gasteiger partial charge in [-0.15, -0.1) is 0 Å². The van der Waals surface area contributed by atoms with Gasteiger partial charge in [0.15, 0.2) is 0 Å². The van der Waals surface area contributed by atoms with Crippen LogP contribution >= 0.6 is 11.6 Å². The molecule has 1 fully saturated rings. The van der Waals surface area contributed by atoms with E-state index < -0.39 is 0 Å². The number of nitrogens with one attached hydrogen (secondary N) is 1. The number of piperazine rings is 1. The number of aromatic nitrogens is 2. The second kappa shape index (κ2) is 6.37. The largest absolute Gasteiger partial charge is 0.495 e. The molecule has 0 spiro atoms. The third-order valence-electron chi connectivity index (χ3n) is 3.78. The highest BCUT2D eigenvalue weighted by molar-refractivity contribution is 6.30. The topological polar surface area (TPSA) is 44.4 Å². The van der Waals surface area contributed by atoms with Crippen LogP contribution in [0.15, 0.2) is 30.6 Å². The Morgan fingerprint density at radius 1 is 1.29 bits per heavy atom. The Morgan fingerprint density at radius 3 is 2.76 bits per heavy atom. The van der Waals surface area contributed by atoms with Gasteiger partial charge in [-0.1, -0.05) is 11.6 Å². The summed E-state index contributed by atoms with van der Waals surface area (Å²) in [5.74, 6) is 1.89. The molecule has 0 aliphatic carbocycles. The maximum atomic E-state index is 6.11. The quantitative estimate of drug-likeness (QED) is 0.942. The zero-order chi connectivity index (χ0) is 14.7. The number of hydrogen-bond acceptors (Lipinski definition) is 4. The molecule has 1 N–H and O–H groups in total. The number of halogens is 1. The van der Waals surface area contributed by atoms with Crippen molar-refractivity contribution in [3.63, 3.8) is 0 Å². The number of hydrogen-bond donors (Lipinski definition) is 1. The molecule has 0 amide bonds. The fraction of sp³-hybridized carbons (Fsp3) is 0.400. The van der Waals surface area contributed by atoms with Crippen LogP contribution in [-0.2, 0) is 6.54 Å². The molecule has 3 rings (SSSR count). The van der Waals surface area contributed by atoms with Crippen LogP contribution in [0.2, 0.25) is 5.02 Å². The highest BCUT2D eigenvalue weighted by Gasteiger charge is 2.20. The number of benzene rings is 1. The Hall–Kier alpha value is -1.72. The van der Waals surface area contributed by atoms with E-state index in [1.54, 1.807) is 13.3 Å². The SMILES string of the molecule is COc1ccc(Cl)cc1N1CCN(Cc2ncc[nH]2)CC1. The van der Waals surface area contributed by atoms with Gasteiger partial charge in [0.2, 0.25) is 0 Å². The van der Waals surface area contributed by atoms with E-state index in [-0.39, 0.29) is 0 Å². The lowest BCUT2D eigenvalue weighted by molar-refractivity contribution is 0.244. The molecule has 0 saturated carbocycles. The molecule has 1 aromatic heterocycles. The zero-order valence-electron chi connectivity index (χ0n) is 12.1.